The molecule has 0 spiro atoms. The largest absolute Gasteiger partial charge is 0.465 e. The van der Waals surface area contributed by atoms with Crippen molar-refractivity contribution in [3.05, 3.63) is 70.8 Å². The van der Waals surface area contributed by atoms with Gasteiger partial charge in [0, 0.05) is 23.4 Å². The number of fused-ring (bicyclic) bond motifs is 2. The Morgan fingerprint density at radius 1 is 0.719 bits per heavy atom. The normalized spacial score (nSPS) is 11.0. The monoisotopic (exact) mass is 417 g/mol. The fourth-order valence-electron chi connectivity index (χ4n) is 4.68. The van der Waals surface area contributed by atoms with Gasteiger partial charge in [-0.2, -0.15) is 10.5 Å². The number of rotatable bonds is 2. The number of ether oxygens (including phenoxy) is 1. The summed E-state index contributed by atoms with van der Waals surface area (Å²) >= 11 is 0. The van der Waals surface area contributed by atoms with Gasteiger partial charge in [-0.3, -0.25) is 4.79 Å². The lowest BCUT2D eigenvalue weighted by Crippen LogP contribution is -2.18. The van der Waals surface area contributed by atoms with Crippen LogP contribution in [0, 0.1) is 22.7 Å². The SMILES string of the molecule is CNC(=O)c1ccc2c3ccc(C#N)c4c(C(=O)OC)ccc(c5ccc(C#N)c1c25)c43. The van der Waals surface area contributed by atoms with Gasteiger partial charge in [0.1, 0.15) is 0 Å². The second-order valence-electron chi connectivity index (χ2n) is 7.44. The van der Waals surface area contributed by atoms with Crippen LogP contribution in [0.3, 0.4) is 0 Å². The lowest BCUT2D eigenvalue weighted by molar-refractivity contribution is 0.0603. The highest BCUT2D eigenvalue weighted by Crippen LogP contribution is 2.43. The second-order valence-corrected chi connectivity index (χ2v) is 7.44. The van der Waals surface area contributed by atoms with E-state index in [9.17, 15) is 20.1 Å². The van der Waals surface area contributed by atoms with Gasteiger partial charge in [-0.25, -0.2) is 4.79 Å². The molecule has 6 nitrogen and oxygen atoms in total. The number of nitriles is 2. The highest BCUT2D eigenvalue weighted by atomic mass is 16.5. The smallest absolute Gasteiger partial charge is 0.338 e. The topological polar surface area (TPSA) is 103 Å². The van der Waals surface area contributed by atoms with Crippen LogP contribution in [0.1, 0.15) is 31.8 Å². The van der Waals surface area contributed by atoms with Crippen molar-refractivity contribution >= 4 is 55.0 Å². The molecule has 1 amide bonds. The van der Waals surface area contributed by atoms with Gasteiger partial charge >= 0.3 is 5.97 Å². The van der Waals surface area contributed by atoms with Gasteiger partial charge in [0.15, 0.2) is 0 Å². The third-order valence-electron chi connectivity index (χ3n) is 6.02. The molecular weight excluding hydrogens is 402 g/mol. The number of nitrogens with zero attached hydrogens (tertiary/aromatic N) is 2. The molecule has 5 rings (SSSR count). The van der Waals surface area contributed by atoms with E-state index in [2.05, 4.69) is 17.5 Å². The molecule has 0 saturated heterocycles. The summed E-state index contributed by atoms with van der Waals surface area (Å²) in [5.74, 6) is -0.794. The number of hydrogen-bond donors (Lipinski definition) is 1. The quantitative estimate of drug-likeness (QED) is 0.256. The zero-order chi connectivity index (χ0) is 22.6. The second kappa shape index (κ2) is 6.94. The van der Waals surface area contributed by atoms with Crippen LogP contribution in [-0.2, 0) is 4.74 Å². The number of benzene rings is 5. The summed E-state index contributed by atoms with van der Waals surface area (Å²) < 4.78 is 4.96. The molecule has 1 N–H and O–H groups in total. The predicted molar refractivity (Wildman–Crippen MR) is 122 cm³/mol. The van der Waals surface area contributed by atoms with Gasteiger partial charge in [-0.05, 0) is 56.6 Å². The maximum atomic E-state index is 12.6. The molecule has 6 heteroatoms. The molecular formula is C26H15N3O3. The van der Waals surface area contributed by atoms with Crippen LogP contribution in [0.2, 0.25) is 0 Å². The molecule has 5 aromatic rings. The Morgan fingerprint density at radius 2 is 1.16 bits per heavy atom. The number of methoxy groups -OCH3 is 1. The van der Waals surface area contributed by atoms with E-state index in [-0.39, 0.29) is 5.91 Å². The minimum atomic E-state index is -0.518. The zero-order valence-electron chi connectivity index (χ0n) is 17.2. The van der Waals surface area contributed by atoms with Gasteiger partial charge in [-0.15, -0.1) is 0 Å². The standard InChI is InChI=1S/C26H15N3O3/c1-29-25(30)19-9-7-17-16-6-4-14(12-28)22-20(26(31)32-2)10-8-18(24(16)22)15-5-3-13(11-27)21(19)23(15)17/h3-10H,1-2H3,(H,29,30). The molecule has 0 aliphatic carbocycles. The van der Waals surface area contributed by atoms with E-state index in [1.165, 1.54) is 7.11 Å². The van der Waals surface area contributed by atoms with Crippen LogP contribution in [0.4, 0.5) is 0 Å². The van der Waals surface area contributed by atoms with Gasteiger partial charge in [0.25, 0.3) is 5.91 Å². The minimum absolute atomic E-state index is 0.276. The summed E-state index contributed by atoms with van der Waals surface area (Å²) in [4.78, 5) is 25.1. The van der Waals surface area contributed by atoms with E-state index in [4.69, 9.17) is 4.74 Å². The maximum Gasteiger partial charge on any atom is 0.338 e. The van der Waals surface area contributed by atoms with E-state index in [0.717, 1.165) is 32.3 Å². The first kappa shape index (κ1) is 19.3. The highest BCUT2D eigenvalue weighted by Gasteiger charge is 2.23. The molecule has 0 aliphatic heterocycles. The molecule has 0 aliphatic rings. The van der Waals surface area contributed by atoms with E-state index < -0.39 is 5.97 Å². The van der Waals surface area contributed by atoms with Gasteiger partial charge < -0.3 is 10.1 Å². The van der Waals surface area contributed by atoms with Gasteiger partial charge in [-0.1, -0.05) is 24.3 Å². The number of carbonyl (C=O) groups is 2. The van der Waals surface area contributed by atoms with Crippen molar-refractivity contribution in [1.82, 2.24) is 5.32 Å². The van der Waals surface area contributed by atoms with Crippen LogP contribution >= 0.6 is 0 Å². The van der Waals surface area contributed by atoms with Crippen LogP contribution in [0.5, 0.6) is 0 Å². The van der Waals surface area contributed by atoms with Crippen LogP contribution in [0.15, 0.2) is 48.5 Å². The molecule has 0 radical (unpaired) electrons. The van der Waals surface area contributed by atoms with Crippen molar-refractivity contribution in [3.8, 4) is 12.1 Å². The summed E-state index contributed by atoms with van der Waals surface area (Å²) in [6.45, 7) is 0. The molecule has 0 atom stereocenters. The fraction of sp³-hybridized carbons (Fsp3) is 0.0769. The molecule has 32 heavy (non-hydrogen) atoms. The van der Waals surface area contributed by atoms with Crippen molar-refractivity contribution in [2.75, 3.05) is 14.2 Å². The number of carbonyl (C=O) groups excluding carboxylic acids is 2. The lowest BCUT2D eigenvalue weighted by Gasteiger charge is -2.18. The van der Waals surface area contributed by atoms with E-state index in [1.807, 2.05) is 24.3 Å². The molecule has 0 aromatic heterocycles. The Bertz CT molecular complexity index is 1560. The Labute approximate surface area is 182 Å². The Balaban J connectivity index is 2.12. The number of amides is 1. The van der Waals surface area contributed by atoms with Crippen LogP contribution in [0.25, 0.3) is 43.1 Å². The third-order valence-corrected chi connectivity index (χ3v) is 6.02. The molecule has 5 aromatic carbocycles. The number of esters is 1. The van der Waals surface area contributed by atoms with Crippen molar-refractivity contribution < 1.29 is 14.3 Å². The fourth-order valence-corrected chi connectivity index (χ4v) is 4.68. The summed E-state index contributed by atoms with van der Waals surface area (Å²) in [7, 11) is 2.86. The molecule has 152 valence electrons. The molecule has 0 fully saturated rings. The Hall–Kier alpha value is -4.68. The molecule has 0 unspecified atom stereocenters. The van der Waals surface area contributed by atoms with Gasteiger partial charge in [0.2, 0.25) is 0 Å². The van der Waals surface area contributed by atoms with Crippen LogP contribution < -0.4 is 5.32 Å². The predicted octanol–water partition coefficient (Wildman–Crippen LogP) is 4.63. The molecule has 0 saturated carbocycles. The average Bonchev–Trinajstić information content (AvgIpc) is 2.85. The van der Waals surface area contributed by atoms with Crippen molar-refractivity contribution in [3.63, 3.8) is 0 Å². The summed E-state index contributed by atoms with van der Waals surface area (Å²) in [6, 6.07) is 18.5. The maximum absolute atomic E-state index is 12.6. The lowest BCUT2D eigenvalue weighted by atomic mass is 9.84. The van der Waals surface area contributed by atoms with E-state index in [0.29, 0.717) is 33.0 Å². The third kappa shape index (κ3) is 2.38. The first-order chi connectivity index (χ1) is 15.5. The van der Waals surface area contributed by atoms with E-state index in [1.54, 1.807) is 31.3 Å². The molecule has 0 bridgehead atoms. The summed E-state index contributed by atoms with van der Waals surface area (Å²) in [6.07, 6.45) is 0. The number of nitrogens with one attached hydrogen (secondary N) is 1. The summed E-state index contributed by atoms with van der Waals surface area (Å²) in [5, 5.41) is 28.2. The highest BCUT2D eigenvalue weighted by molar-refractivity contribution is 6.36. The first-order valence-electron chi connectivity index (χ1n) is 9.86. The molecule has 0 heterocycles. The summed E-state index contributed by atoms with van der Waals surface area (Å²) in [5.41, 5.74) is 1.52. The van der Waals surface area contributed by atoms with Crippen molar-refractivity contribution in [2.24, 2.45) is 0 Å². The van der Waals surface area contributed by atoms with E-state index >= 15 is 0 Å². The minimum Gasteiger partial charge on any atom is -0.465 e. The van der Waals surface area contributed by atoms with Crippen molar-refractivity contribution in [1.29, 1.82) is 10.5 Å². The zero-order valence-corrected chi connectivity index (χ0v) is 17.2. The van der Waals surface area contributed by atoms with Crippen LogP contribution in [-0.4, -0.2) is 26.0 Å². The Morgan fingerprint density at radius 3 is 1.59 bits per heavy atom. The average molecular weight is 417 g/mol. The van der Waals surface area contributed by atoms with Gasteiger partial charge in [0.05, 0.1) is 35.9 Å². The van der Waals surface area contributed by atoms with Crippen molar-refractivity contribution in [2.45, 2.75) is 0 Å². The number of hydrogen-bond acceptors (Lipinski definition) is 5. The Kier molecular flexibility index (Phi) is 4.18. The first-order valence-corrected chi connectivity index (χ1v) is 9.86.